The summed E-state index contributed by atoms with van der Waals surface area (Å²) < 4.78 is 13.9. The molecule has 0 bridgehead atoms. The molecular weight excluding hydrogens is 451 g/mol. The normalized spacial score (nSPS) is 16.6. The summed E-state index contributed by atoms with van der Waals surface area (Å²) >= 11 is 0. The van der Waals surface area contributed by atoms with Gasteiger partial charge in [0.05, 0.1) is 16.6 Å². The van der Waals surface area contributed by atoms with Crippen molar-refractivity contribution in [1.82, 2.24) is 20.3 Å². The zero-order chi connectivity index (χ0) is 25.2. The molecule has 0 aliphatic heterocycles. The van der Waals surface area contributed by atoms with Gasteiger partial charge in [0, 0.05) is 29.1 Å². The summed E-state index contributed by atoms with van der Waals surface area (Å²) in [5.74, 6) is 1.75. The number of imidazole rings is 1. The molecule has 1 saturated carbocycles. The molecule has 5 nitrogen and oxygen atoms in total. The Morgan fingerprint density at radius 1 is 1.11 bits per heavy atom. The quantitative estimate of drug-likeness (QED) is 0.262. The highest BCUT2D eigenvalue weighted by atomic mass is 19.1. The molecule has 0 spiro atoms. The number of nitrogens with one attached hydrogen (secondary N) is 2. The van der Waals surface area contributed by atoms with Crippen LogP contribution < -0.4 is 5.32 Å². The molecule has 2 aromatic heterocycles. The molecule has 1 aliphatic carbocycles. The van der Waals surface area contributed by atoms with E-state index in [9.17, 15) is 9.18 Å². The van der Waals surface area contributed by atoms with Gasteiger partial charge in [-0.1, -0.05) is 27.2 Å². The van der Waals surface area contributed by atoms with Gasteiger partial charge in [0.1, 0.15) is 11.6 Å². The number of amides is 1. The van der Waals surface area contributed by atoms with Crippen LogP contribution >= 0.6 is 0 Å². The van der Waals surface area contributed by atoms with Crippen LogP contribution in [0, 0.1) is 11.7 Å². The van der Waals surface area contributed by atoms with Gasteiger partial charge >= 0.3 is 0 Å². The van der Waals surface area contributed by atoms with Crippen molar-refractivity contribution >= 4 is 27.8 Å². The number of carbonyl (C=O) groups is 1. The molecule has 0 radical (unpaired) electrons. The first-order chi connectivity index (χ1) is 17.4. The second-order valence-electron chi connectivity index (χ2n) is 10.5. The fourth-order valence-corrected chi connectivity index (χ4v) is 5.43. The number of hydrogen-bond donors (Lipinski definition) is 2. The van der Waals surface area contributed by atoms with Crippen molar-refractivity contribution in [2.24, 2.45) is 5.92 Å². The van der Waals surface area contributed by atoms with E-state index in [0.717, 1.165) is 65.4 Å². The number of fused-ring (bicyclic) bond motifs is 2. The fraction of sp³-hybridized carbons (Fsp3) is 0.433. The third-order valence-corrected chi connectivity index (χ3v) is 8.10. The smallest absolute Gasteiger partial charge is 0.251 e. The molecule has 1 amide bonds. The highest BCUT2D eigenvalue weighted by Crippen LogP contribution is 2.35. The van der Waals surface area contributed by atoms with Crippen molar-refractivity contribution in [3.05, 3.63) is 71.4 Å². The van der Waals surface area contributed by atoms with Gasteiger partial charge in [0.15, 0.2) is 0 Å². The number of nitrogens with zero attached hydrogens (tertiary/aromatic N) is 2. The number of halogens is 1. The van der Waals surface area contributed by atoms with Gasteiger partial charge in [-0.15, -0.1) is 0 Å². The third kappa shape index (κ3) is 4.99. The van der Waals surface area contributed by atoms with Crippen LogP contribution in [0.4, 0.5) is 4.39 Å². The molecule has 1 fully saturated rings. The summed E-state index contributed by atoms with van der Waals surface area (Å²) in [7, 11) is 0. The van der Waals surface area contributed by atoms with Gasteiger partial charge in [-0.2, -0.15) is 0 Å². The number of rotatable bonds is 9. The van der Waals surface area contributed by atoms with Crippen LogP contribution in [0.15, 0.2) is 48.7 Å². The minimum atomic E-state index is -0.224. The molecule has 0 unspecified atom stereocenters. The predicted octanol–water partition coefficient (Wildman–Crippen LogP) is 7.25. The zero-order valence-corrected chi connectivity index (χ0v) is 21.4. The van der Waals surface area contributed by atoms with Crippen molar-refractivity contribution in [3.8, 4) is 0 Å². The van der Waals surface area contributed by atoms with Gasteiger partial charge in [0.2, 0.25) is 0 Å². The minimum Gasteiger partial charge on any atom is -0.349 e. The molecule has 188 valence electrons. The first kappa shape index (κ1) is 24.4. The number of hydrogen-bond acceptors (Lipinski definition) is 3. The Balaban J connectivity index is 1.28. The Morgan fingerprint density at radius 3 is 2.67 bits per heavy atom. The van der Waals surface area contributed by atoms with Crippen LogP contribution in [-0.4, -0.2) is 26.9 Å². The maximum atomic E-state index is 13.9. The van der Waals surface area contributed by atoms with Crippen molar-refractivity contribution in [2.75, 3.05) is 0 Å². The van der Waals surface area contributed by atoms with Crippen molar-refractivity contribution in [3.63, 3.8) is 0 Å². The number of benzene rings is 2. The molecule has 4 aromatic rings. The molecule has 2 heterocycles. The largest absolute Gasteiger partial charge is 0.349 e. The Kier molecular flexibility index (Phi) is 7.04. The molecule has 2 aromatic carbocycles. The first-order valence-corrected chi connectivity index (χ1v) is 13.3. The van der Waals surface area contributed by atoms with E-state index in [1.165, 1.54) is 12.5 Å². The molecule has 5 rings (SSSR count). The lowest BCUT2D eigenvalue weighted by Crippen LogP contribution is -2.39. The second kappa shape index (κ2) is 10.4. The zero-order valence-electron chi connectivity index (χ0n) is 21.4. The van der Waals surface area contributed by atoms with Crippen LogP contribution in [0.2, 0.25) is 0 Å². The maximum absolute atomic E-state index is 13.9. The summed E-state index contributed by atoms with van der Waals surface area (Å²) in [6.07, 6.45) is 8.26. The summed E-state index contributed by atoms with van der Waals surface area (Å²) in [6, 6.07) is 12.9. The summed E-state index contributed by atoms with van der Waals surface area (Å²) in [4.78, 5) is 25.3. The van der Waals surface area contributed by atoms with Crippen molar-refractivity contribution in [1.29, 1.82) is 0 Å². The van der Waals surface area contributed by atoms with E-state index in [2.05, 4.69) is 36.1 Å². The van der Waals surface area contributed by atoms with Gasteiger partial charge in [-0.3, -0.25) is 9.78 Å². The standard InChI is InChI=1S/C30H35FN4O/c1-4-20(9-8-18(2)24-14-15-32-26-13-11-22(31)17-25(24)26)19(3)29-34-27-12-10-21(16-28(27)35-29)30(36)33-23-6-5-7-23/h10-20,23H,4-9H2,1-3H3,(H,33,36)(H,34,35)/t18-,19+,20+/m0/s1. The number of carbonyl (C=O) groups excluding carboxylic acids is 1. The number of H-pyrrole nitrogens is 1. The maximum Gasteiger partial charge on any atom is 0.251 e. The fourth-order valence-electron chi connectivity index (χ4n) is 5.43. The highest BCUT2D eigenvalue weighted by molar-refractivity contribution is 5.97. The lowest BCUT2D eigenvalue weighted by Gasteiger charge is -2.26. The Bertz CT molecular complexity index is 1380. The topological polar surface area (TPSA) is 70.7 Å². The van der Waals surface area contributed by atoms with E-state index in [1.54, 1.807) is 12.1 Å². The van der Waals surface area contributed by atoms with Crippen LogP contribution in [0.1, 0.15) is 92.9 Å². The van der Waals surface area contributed by atoms with E-state index in [0.29, 0.717) is 23.4 Å². The average molecular weight is 487 g/mol. The Labute approximate surface area is 211 Å². The summed E-state index contributed by atoms with van der Waals surface area (Å²) in [5, 5.41) is 4.01. The molecule has 6 heteroatoms. The molecule has 2 N–H and O–H groups in total. The third-order valence-electron chi connectivity index (χ3n) is 8.10. The molecule has 0 saturated heterocycles. The summed E-state index contributed by atoms with van der Waals surface area (Å²) in [5.41, 5.74) is 4.47. The lowest BCUT2D eigenvalue weighted by atomic mass is 9.83. The Morgan fingerprint density at radius 2 is 1.92 bits per heavy atom. The minimum absolute atomic E-state index is 0.00487. The highest BCUT2D eigenvalue weighted by Gasteiger charge is 2.23. The number of aromatic nitrogens is 3. The van der Waals surface area contributed by atoms with Crippen LogP contribution in [0.3, 0.4) is 0 Å². The first-order valence-electron chi connectivity index (χ1n) is 13.3. The molecular formula is C30H35FN4O. The number of pyridine rings is 1. The van der Waals surface area contributed by atoms with E-state index in [-0.39, 0.29) is 17.6 Å². The SMILES string of the molecule is CC[C@H](CC[C@H](C)c1ccnc2ccc(F)cc12)[C@@H](C)c1nc2ccc(C(=O)NC3CCC3)cc2[nH]1. The van der Waals surface area contributed by atoms with Crippen LogP contribution in [0.5, 0.6) is 0 Å². The van der Waals surface area contributed by atoms with Crippen LogP contribution in [-0.2, 0) is 0 Å². The van der Waals surface area contributed by atoms with E-state index in [1.807, 2.05) is 30.5 Å². The Hall–Kier alpha value is -3.28. The van der Waals surface area contributed by atoms with Gasteiger partial charge in [-0.25, -0.2) is 9.37 Å². The van der Waals surface area contributed by atoms with Gasteiger partial charge in [0.25, 0.3) is 5.91 Å². The lowest BCUT2D eigenvalue weighted by molar-refractivity contribution is 0.0917. The van der Waals surface area contributed by atoms with E-state index in [4.69, 9.17) is 4.98 Å². The monoisotopic (exact) mass is 486 g/mol. The summed E-state index contributed by atoms with van der Waals surface area (Å²) in [6.45, 7) is 6.68. The number of aromatic amines is 1. The molecule has 36 heavy (non-hydrogen) atoms. The van der Waals surface area contributed by atoms with E-state index >= 15 is 0 Å². The van der Waals surface area contributed by atoms with Crippen molar-refractivity contribution < 1.29 is 9.18 Å². The van der Waals surface area contributed by atoms with E-state index < -0.39 is 0 Å². The average Bonchev–Trinajstić information content (AvgIpc) is 3.29. The van der Waals surface area contributed by atoms with Crippen molar-refractivity contribution in [2.45, 2.75) is 77.2 Å². The van der Waals surface area contributed by atoms with Gasteiger partial charge in [-0.05, 0) is 92.0 Å². The molecule has 1 aliphatic rings. The second-order valence-corrected chi connectivity index (χ2v) is 10.5. The molecule has 3 atom stereocenters. The predicted molar refractivity (Wildman–Crippen MR) is 143 cm³/mol. The van der Waals surface area contributed by atoms with Crippen LogP contribution in [0.25, 0.3) is 21.9 Å². The van der Waals surface area contributed by atoms with Gasteiger partial charge < -0.3 is 10.3 Å².